The standard InChI is InChI=1S/C12H16N2O2/c1-8(12(15)16)13-10-3-4-11-9(7-10)5-6-14(11)2/h3-4,7-8,13H,5-6H2,1-2H3,(H,15,16). The second kappa shape index (κ2) is 4.04. The molecule has 86 valence electrons. The molecule has 0 aliphatic carbocycles. The Bertz CT molecular complexity index is 417. The minimum absolute atomic E-state index is 0.558. The fraction of sp³-hybridized carbons (Fsp3) is 0.417. The number of carboxylic acids is 1. The molecule has 4 heteroatoms. The molecule has 2 N–H and O–H groups in total. The van der Waals surface area contributed by atoms with Gasteiger partial charge < -0.3 is 15.3 Å². The Hall–Kier alpha value is -1.71. The van der Waals surface area contributed by atoms with E-state index in [-0.39, 0.29) is 0 Å². The highest BCUT2D eigenvalue weighted by molar-refractivity contribution is 5.77. The highest BCUT2D eigenvalue weighted by atomic mass is 16.4. The van der Waals surface area contributed by atoms with Crippen LogP contribution in [0.5, 0.6) is 0 Å². The highest BCUT2D eigenvalue weighted by Gasteiger charge is 2.16. The molecule has 0 saturated carbocycles. The first-order valence-electron chi connectivity index (χ1n) is 5.41. The van der Waals surface area contributed by atoms with Crippen molar-refractivity contribution in [3.63, 3.8) is 0 Å². The van der Waals surface area contributed by atoms with Crippen molar-refractivity contribution in [1.82, 2.24) is 0 Å². The van der Waals surface area contributed by atoms with Crippen LogP contribution in [0.3, 0.4) is 0 Å². The predicted molar refractivity (Wildman–Crippen MR) is 64.1 cm³/mol. The molecule has 0 bridgehead atoms. The Balaban J connectivity index is 2.16. The lowest BCUT2D eigenvalue weighted by atomic mass is 10.1. The number of rotatable bonds is 3. The van der Waals surface area contributed by atoms with Gasteiger partial charge in [-0.1, -0.05) is 0 Å². The van der Waals surface area contributed by atoms with Gasteiger partial charge in [0.2, 0.25) is 0 Å². The number of nitrogens with zero attached hydrogens (tertiary/aromatic N) is 1. The molecule has 16 heavy (non-hydrogen) atoms. The van der Waals surface area contributed by atoms with Crippen LogP contribution in [-0.4, -0.2) is 30.7 Å². The van der Waals surface area contributed by atoms with Crippen molar-refractivity contribution >= 4 is 17.3 Å². The first-order chi connectivity index (χ1) is 7.58. The van der Waals surface area contributed by atoms with Gasteiger partial charge >= 0.3 is 5.97 Å². The third kappa shape index (κ3) is 1.96. The average Bonchev–Trinajstić information content (AvgIpc) is 2.60. The molecule has 0 spiro atoms. The number of carbonyl (C=O) groups is 1. The zero-order valence-electron chi connectivity index (χ0n) is 9.53. The number of carboxylic acid groups (broad SMARTS) is 1. The summed E-state index contributed by atoms with van der Waals surface area (Å²) in [7, 11) is 2.07. The number of hydrogen-bond acceptors (Lipinski definition) is 3. The minimum Gasteiger partial charge on any atom is -0.480 e. The van der Waals surface area contributed by atoms with Crippen molar-refractivity contribution in [2.45, 2.75) is 19.4 Å². The average molecular weight is 220 g/mol. The van der Waals surface area contributed by atoms with E-state index in [0.717, 1.165) is 18.7 Å². The van der Waals surface area contributed by atoms with E-state index >= 15 is 0 Å². The summed E-state index contributed by atoms with van der Waals surface area (Å²) in [6.07, 6.45) is 1.03. The zero-order chi connectivity index (χ0) is 11.7. The van der Waals surface area contributed by atoms with Crippen LogP contribution in [0.1, 0.15) is 12.5 Å². The molecule has 1 heterocycles. The Morgan fingerprint density at radius 2 is 2.31 bits per heavy atom. The fourth-order valence-corrected chi connectivity index (χ4v) is 1.97. The summed E-state index contributed by atoms with van der Waals surface area (Å²) in [4.78, 5) is 12.9. The van der Waals surface area contributed by atoms with Crippen molar-refractivity contribution in [2.75, 3.05) is 23.8 Å². The van der Waals surface area contributed by atoms with E-state index < -0.39 is 12.0 Å². The summed E-state index contributed by atoms with van der Waals surface area (Å²) >= 11 is 0. The first-order valence-corrected chi connectivity index (χ1v) is 5.41. The SMILES string of the molecule is CC(Nc1ccc2c(c1)CCN2C)C(=O)O. The van der Waals surface area contributed by atoms with E-state index in [1.165, 1.54) is 11.3 Å². The monoisotopic (exact) mass is 220 g/mol. The van der Waals surface area contributed by atoms with Crippen molar-refractivity contribution < 1.29 is 9.90 Å². The summed E-state index contributed by atoms with van der Waals surface area (Å²) in [6, 6.07) is 5.45. The highest BCUT2D eigenvalue weighted by Crippen LogP contribution is 2.29. The predicted octanol–water partition coefficient (Wildman–Crippen LogP) is 1.56. The Kier molecular flexibility index (Phi) is 2.73. The van der Waals surface area contributed by atoms with Crippen LogP contribution in [0.15, 0.2) is 18.2 Å². The second-order valence-electron chi connectivity index (χ2n) is 4.22. The van der Waals surface area contributed by atoms with Gasteiger partial charge in [0.15, 0.2) is 0 Å². The molecule has 2 rings (SSSR count). The lowest BCUT2D eigenvalue weighted by Crippen LogP contribution is -2.25. The van der Waals surface area contributed by atoms with Crippen LogP contribution in [0.4, 0.5) is 11.4 Å². The molecule has 0 fully saturated rings. The van der Waals surface area contributed by atoms with Crippen molar-refractivity contribution in [3.05, 3.63) is 23.8 Å². The minimum atomic E-state index is -0.836. The van der Waals surface area contributed by atoms with Crippen molar-refractivity contribution in [1.29, 1.82) is 0 Å². The van der Waals surface area contributed by atoms with Gasteiger partial charge in [-0.2, -0.15) is 0 Å². The van der Waals surface area contributed by atoms with Crippen LogP contribution in [-0.2, 0) is 11.2 Å². The molecule has 1 aliphatic heterocycles. The molecule has 4 nitrogen and oxygen atoms in total. The number of fused-ring (bicyclic) bond motifs is 1. The maximum absolute atomic E-state index is 10.7. The summed E-state index contributed by atoms with van der Waals surface area (Å²) in [5.74, 6) is -0.836. The molecule has 0 aromatic heterocycles. The number of benzene rings is 1. The Labute approximate surface area is 94.9 Å². The van der Waals surface area contributed by atoms with Crippen LogP contribution < -0.4 is 10.2 Å². The molecule has 0 amide bonds. The van der Waals surface area contributed by atoms with Gasteiger partial charge in [-0.25, -0.2) is 0 Å². The van der Waals surface area contributed by atoms with Crippen molar-refractivity contribution in [3.8, 4) is 0 Å². The molecule has 1 aromatic carbocycles. The van der Waals surface area contributed by atoms with Gasteiger partial charge in [0, 0.05) is 25.0 Å². The second-order valence-corrected chi connectivity index (χ2v) is 4.22. The maximum atomic E-state index is 10.7. The molecule has 0 radical (unpaired) electrons. The lowest BCUT2D eigenvalue weighted by Gasteiger charge is -2.14. The van der Waals surface area contributed by atoms with Gasteiger partial charge in [-0.3, -0.25) is 4.79 Å². The van der Waals surface area contributed by atoms with E-state index in [0.29, 0.717) is 0 Å². The number of nitrogens with one attached hydrogen (secondary N) is 1. The van der Waals surface area contributed by atoms with Crippen LogP contribution in [0.25, 0.3) is 0 Å². The van der Waals surface area contributed by atoms with E-state index in [2.05, 4.69) is 17.3 Å². The summed E-state index contributed by atoms with van der Waals surface area (Å²) < 4.78 is 0. The van der Waals surface area contributed by atoms with E-state index in [4.69, 9.17) is 5.11 Å². The maximum Gasteiger partial charge on any atom is 0.325 e. The van der Waals surface area contributed by atoms with E-state index in [9.17, 15) is 4.79 Å². The normalized spacial score (nSPS) is 15.8. The first kappa shape index (κ1) is 10.8. The third-order valence-electron chi connectivity index (χ3n) is 2.96. The number of hydrogen-bond donors (Lipinski definition) is 2. The number of anilines is 2. The lowest BCUT2D eigenvalue weighted by molar-refractivity contribution is -0.137. The molecular formula is C12H16N2O2. The quantitative estimate of drug-likeness (QED) is 0.811. The van der Waals surface area contributed by atoms with E-state index in [1.807, 2.05) is 18.2 Å². The van der Waals surface area contributed by atoms with Gasteiger partial charge in [0.05, 0.1) is 0 Å². The molecule has 1 atom stereocenters. The summed E-state index contributed by atoms with van der Waals surface area (Å²) in [5, 5.41) is 11.8. The fourth-order valence-electron chi connectivity index (χ4n) is 1.97. The summed E-state index contributed by atoms with van der Waals surface area (Å²) in [5.41, 5.74) is 3.41. The van der Waals surface area contributed by atoms with Crippen LogP contribution >= 0.6 is 0 Å². The smallest absolute Gasteiger partial charge is 0.325 e. The molecule has 1 aliphatic rings. The number of aliphatic carboxylic acids is 1. The molecule has 1 aromatic rings. The largest absolute Gasteiger partial charge is 0.480 e. The third-order valence-corrected chi connectivity index (χ3v) is 2.96. The number of likely N-dealkylation sites (N-methyl/N-ethyl adjacent to an activating group) is 1. The Morgan fingerprint density at radius 3 is 3.00 bits per heavy atom. The van der Waals surface area contributed by atoms with E-state index in [1.54, 1.807) is 6.92 Å². The van der Waals surface area contributed by atoms with Crippen LogP contribution in [0, 0.1) is 0 Å². The molecular weight excluding hydrogens is 204 g/mol. The van der Waals surface area contributed by atoms with Gasteiger partial charge in [-0.15, -0.1) is 0 Å². The molecule has 1 unspecified atom stereocenters. The van der Waals surface area contributed by atoms with Gasteiger partial charge in [0.1, 0.15) is 6.04 Å². The topological polar surface area (TPSA) is 52.6 Å². The summed E-state index contributed by atoms with van der Waals surface area (Å²) in [6.45, 7) is 2.68. The van der Waals surface area contributed by atoms with Gasteiger partial charge in [0.25, 0.3) is 0 Å². The van der Waals surface area contributed by atoms with Crippen molar-refractivity contribution in [2.24, 2.45) is 0 Å². The molecule has 0 saturated heterocycles. The van der Waals surface area contributed by atoms with Crippen LogP contribution in [0.2, 0.25) is 0 Å². The Morgan fingerprint density at radius 1 is 1.56 bits per heavy atom. The zero-order valence-corrected chi connectivity index (χ0v) is 9.53. The van der Waals surface area contributed by atoms with Gasteiger partial charge in [-0.05, 0) is 37.1 Å².